The zero-order valence-electron chi connectivity index (χ0n) is 17.1. The Morgan fingerprint density at radius 3 is 2.62 bits per heavy atom. The normalized spacial score (nSPS) is 28.6. The predicted molar refractivity (Wildman–Crippen MR) is 110 cm³/mol. The van der Waals surface area contributed by atoms with Crippen molar-refractivity contribution in [1.29, 1.82) is 0 Å². The largest absolute Gasteiger partial charge is 0.379 e. The van der Waals surface area contributed by atoms with Crippen LogP contribution in [0.15, 0.2) is 18.2 Å². The summed E-state index contributed by atoms with van der Waals surface area (Å²) in [6, 6.07) is 6.05. The van der Waals surface area contributed by atoms with Gasteiger partial charge in [0, 0.05) is 24.5 Å². The second kappa shape index (κ2) is 7.34. The highest BCUT2D eigenvalue weighted by Gasteiger charge is 2.42. The Balaban J connectivity index is 1.56. The maximum absolute atomic E-state index is 6.36. The minimum Gasteiger partial charge on any atom is -0.379 e. The van der Waals surface area contributed by atoms with E-state index in [2.05, 4.69) is 27.8 Å². The molecule has 0 radical (unpaired) electrons. The van der Waals surface area contributed by atoms with Crippen molar-refractivity contribution in [2.75, 3.05) is 20.3 Å². The summed E-state index contributed by atoms with van der Waals surface area (Å²) < 4.78 is 20.3. The van der Waals surface area contributed by atoms with Crippen LogP contribution in [0.4, 0.5) is 0 Å². The smallest absolute Gasteiger partial charge is 0.179 e. The van der Waals surface area contributed by atoms with Gasteiger partial charge in [0.15, 0.2) is 5.79 Å². The first-order valence-corrected chi connectivity index (χ1v) is 10.9. The van der Waals surface area contributed by atoms with E-state index in [0.717, 1.165) is 60.0 Å². The number of halogens is 1. The van der Waals surface area contributed by atoms with Crippen molar-refractivity contribution in [3.05, 3.63) is 40.4 Å². The van der Waals surface area contributed by atoms with E-state index < -0.39 is 5.79 Å². The second-order valence-corrected chi connectivity index (χ2v) is 9.26. The lowest BCUT2D eigenvalue weighted by Crippen LogP contribution is -2.44. The van der Waals surface area contributed by atoms with E-state index in [0.29, 0.717) is 32.0 Å². The highest BCUT2D eigenvalue weighted by Crippen LogP contribution is 2.42. The van der Waals surface area contributed by atoms with Crippen molar-refractivity contribution < 1.29 is 14.2 Å². The first-order chi connectivity index (χ1) is 14.0. The number of ether oxygens (including phenoxy) is 3. The summed E-state index contributed by atoms with van der Waals surface area (Å²) in [6.45, 7) is 3.61. The van der Waals surface area contributed by atoms with Crippen LogP contribution in [-0.4, -0.2) is 46.5 Å². The highest BCUT2D eigenvalue weighted by atomic mass is 35.5. The van der Waals surface area contributed by atoms with Crippen LogP contribution in [0.3, 0.4) is 0 Å². The van der Waals surface area contributed by atoms with Crippen LogP contribution in [0.5, 0.6) is 0 Å². The lowest BCUT2D eigenvalue weighted by Gasteiger charge is -2.36. The Labute approximate surface area is 176 Å². The fourth-order valence-corrected chi connectivity index (χ4v) is 5.19. The molecule has 2 aromatic rings. The van der Waals surface area contributed by atoms with Crippen molar-refractivity contribution in [3.8, 4) is 5.69 Å². The molecule has 0 unspecified atom stereocenters. The lowest BCUT2D eigenvalue weighted by atomic mass is 9.79. The molecule has 3 heterocycles. The lowest BCUT2D eigenvalue weighted by molar-refractivity contribution is -0.265. The van der Waals surface area contributed by atoms with Crippen molar-refractivity contribution in [3.63, 3.8) is 0 Å². The molecule has 0 amide bonds. The summed E-state index contributed by atoms with van der Waals surface area (Å²) in [4.78, 5) is 0. The van der Waals surface area contributed by atoms with Gasteiger partial charge in [-0.1, -0.05) is 11.6 Å². The molecule has 1 saturated carbocycles. The molecule has 29 heavy (non-hydrogen) atoms. The summed E-state index contributed by atoms with van der Waals surface area (Å²) in [5.41, 5.74) is 2.19. The summed E-state index contributed by atoms with van der Waals surface area (Å²) in [5, 5.41) is 10.00. The third kappa shape index (κ3) is 3.50. The first kappa shape index (κ1) is 19.5. The standard InChI is InChI=1S/C22H28ClN3O3/c1-21(27-2)8-6-15(7-9-21)20-25-24-19-14-22(28-10-3-11-29-22)13-16-12-17(23)4-5-18(16)26(19)20/h4-5,12,15H,3,6-11,13-14H2,1-2H3. The molecular weight excluding hydrogens is 390 g/mol. The van der Waals surface area contributed by atoms with Gasteiger partial charge in [0.2, 0.25) is 0 Å². The van der Waals surface area contributed by atoms with Gasteiger partial charge in [-0.2, -0.15) is 0 Å². The molecule has 0 N–H and O–H groups in total. The van der Waals surface area contributed by atoms with Gasteiger partial charge in [-0.05, 0) is 62.8 Å². The first-order valence-electron chi connectivity index (χ1n) is 10.6. The van der Waals surface area contributed by atoms with E-state index >= 15 is 0 Å². The molecule has 1 aromatic heterocycles. The molecule has 0 bridgehead atoms. The molecule has 156 valence electrons. The fourth-order valence-electron chi connectivity index (χ4n) is 4.99. The summed E-state index contributed by atoms with van der Waals surface area (Å²) >= 11 is 6.36. The summed E-state index contributed by atoms with van der Waals surface area (Å²) in [5.74, 6) is 1.63. The zero-order chi connectivity index (χ0) is 20.1. The van der Waals surface area contributed by atoms with Gasteiger partial charge in [0.05, 0.1) is 30.9 Å². The number of hydrogen-bond acceptors (Lipinski definition) is 5. The second-order valence-electron chi connectivity index (χ2n) is 8.83. The molecule has 5 rings (SSSR count). The quantitative estimate of drug-likeness (QED) is 0.732. The van der Waals surface area contributed by atoms with Gasteiger partial charge >= 0.3 is 0 Å². The molecule has 2 fully saturated rings. The van der Waals surface area contributed by atoms with Crippen molar-refractivity contribution in [2.24, 2.45) is 0 Å². The Hall–Kier alpha value is -1.47. The number of rotatable bonds is 2. The molecule has 6 nitrogen and oxygen atoms in total. The van der Waals surface area contributed by atoms with Crippen LogP contribution >= 0.6 is 11.6 Å². The van der Waals surface area contributed by atoms with Gasteiger partial charge in [0.25, 0.3) is 0 Å². The Bertz CT molecular complexity index is 899. The molecule has 1 spiro atoms. The minimum absolute atomic E-state index is 0.0304. The Morgan fingerprint density at radius 1 is 1.14 bits per heavy atom. The number of hydrogen-bond donors (Lipinski definition) is 0. The topological polar surface area (TPSA) is 58.4 Å². The van der Waals surface area contributed by atoms with Gasteiger partial charge < -0.3 is 14.2 Å². The van der Waals surface area contributed by atoms with E-state index in [1.165, 1.54) is 0 Å². The van der Waals surface area contributed by atoms with Crippen LogP contribution < -0.4 is 0 Å². The number of aromatic nitrogens is 3. The molecule has 2 aliphatic heterocycles. The van der Waals surface area contributed by atoms with Gasteiger partial charge in [-0.25, -0.2) is 0 Å². The number of fused-ring (bicyclic) bond motifs is 3. The van der Waals surface area contributed by atoms with E-state index in [9.17, 15) is 0 Å². The number of benzene rings is 1. The third-order valence-corrected chi connectivity index (χ3v) is 7.08. The SMILES string of the molecule is COC1(C)CCC(c2nnc3n2-c2ccc(Cl)cc2CC2(C3)OCCCO2)CC1. The molecule has 0 atom stereocenters. The predicted octanol–water partition coefficient (Wildman–Crippen LogP) is 4.22. The highest BCUT2D eigenvalue weighted by molar-refractivity contribution is 6.30. The molecular formula is C22H28ClN3O3. The van der Waals surface area contributed by atoms with Crippen molar-refractivity contribution >= 4 is 11.6 Å². The van der Waals surface area contributed by atoms with Crippen LogP contribution in [-0.2, 0) is 27.1 Å². The average molecular weight is 418 g/mol. The monoisotopic (exact) mass is 417 g/mol. The van der Waals surface area contributed by atoms with Crippen molar-refractivity contribution in [2.45, 2.75) is 69.2 Å². The van der Waals surface area contributed by atoms with E-state index in [1.54, 1.807) is 0 Å². The van der Waals surface area contributed by atoms with E-state index in [1.807, 2.05) is 19.2 Å². The van der Waals surface area contributed by atoms with Gasteiger partial charge in [0.1, 0.15) is 11.6 Å². The molecule has 1 aliphatic carbocycles. The van der Waals surface area contributed by atoms with E-state index in [4.69, 9.17) is 25.8 Å². The summed E-state index contributed by atoms with van der Waals surface area (Å²) in [7, 11) is 1.81. The Kier molecular flexibility index (Phi) is 4.93. The molecule has 3 aliphatic rings. The number of nitrogens with zero attached hydrogens (tertiary/aromatic N) is 3. The van der Waals surface area contributed by atoms with Crippen molar-refractivity contribution in [1.82, 2.24) is 14.8 Å². The van der Waals surface area contributed by atoms with Crippen LogP contribution in [0.25, 0.3) is 5.69 Å². The maximum atomic E-state index is 6.36. The zero-order valence-corrected chi connectivity index (χ0v) is 17.9. The number of methoxy groups -OCH3 is 1. The van der Waals surface area contributed by atoms with Crippen LogP contribution in [0.1, 0.15) is 62.2 Å². The minimum atomic E-state index is -0.683. The Morgan fingerprint density at radius 2 is 1.90 bits per heavy atom. The van der Waals surface area contributed by atoms with Crippen LogP contribution in [0.2, 0.25) is 5.02 Å². The molecule has 1 saturated heterocycles. The van der Waals surface area contributed by atoms with Crippen LogP contribution in [0, 0.1) is 0 Å². The fraction of sp³-hybridized carbons (Fsp3) is 0.636. The van der Waals surface area contributed by atoms with E-state index in [-0.39, 0.29) is 5.60 Å². The summed E-state index contributed by atoms with van der Waals surface area (Å²) in [6.07, 6.45) is 6.32. The molecule has 1 aromatic carbocycles. The third-order valence-electron chi connectivity index (χ3n) is 6.84. The molecule has 7 heteroatoms. The van der Waals surface area contributed by atoms with Gasteiger partial charge in [-0.15, -0.1) is 10.2 Å². The maximum Gasteiger partial charge on any atom is 0.179 e. The van der Waals surface area contributed by atoms with Gasteiger partial charge in [-0.3, -0.25) is 4.57 Å². The average Bonchev–Trinajstić information content (AvgIpc) is 3.07.